The van der Waals surface area contributed by atoms with Crippen LogP contribution in [0.25, 0.3) is 0 Å². The number of nitrogens with zero attached hydrogens (tertiary/aromatic N) is 1. The molecule has 1 aliphatic carbocycles. The molecule has 2 unspecified atom stereocenters. The molecule has 1 saturated carbocycles. The van der Waals surface area contributed by atoms with Crippen molar-refractivity contribution >= 4 is 23.6 Å². The molecule has 1 aromatic rings. The maximum Gasteiger partial charge on any atom is 0.325 e. The fourth-order valence-electron chi connectivity index (χ4n) is 4.25. The molecule has 3 N–H and O–H groups in total. The molecule has 0 radical (unpaired) electrons. The van der Waals surface area contributed by atoms with E-state index in [0.717, 1.165) is 43.7 Å². The van der Waals surface area contributed by atoms with Crippen LogP contribution in [-0.4, -0.2) is 57.3 Å². The maximum absolute atomic E-state index is 12.8. The van der Waals surface area contributed by atoms with E-state index in [4.69, 9.17) is 0 Å². The first-order valence-electron chi connectivity index (χ1n) is 9.44. The number of nitrogens with one attached hydrogen (secondary N) is 3. The summed E-state index contributed by atoms with van der Waals surface area (Å²) in [6.07, 6.45) is 4.15. The van der Waals surface area contributed by atoms with Crippen LogP contribution in [0.2, 0.25) is 0 Å². The number of H-pyrrole nitrogens is 2. The summed E-state index contributed by atoms with van der Waals surface area (Å²) >= 11 is 1.98. The van der Waals surface area contributed by atoms with Crippen LogP contribution < -0.4 is 16.6 Å². The first-order valence-corrected chi connectivity index (χ1v) is 10.6. The lowest BCUT2D eigenvalue weighted by Crippen LogP contribution is -2.56. The molecule has 3 fully saturated rings. The summed E-state index contributed by atoms with van der Waals surface area (Å²) in [6, 6.07) is 1.25. The Balaban J connectivity index is 1.26. The number of likely N-dealkylation sites (tertiary alicyclic amines) is 1. The Hall–Kier alpha value is -2.03. The topological polar surface area (TPSA) is 115 Å². The number of hydrogen-bond acceptors (Lipinski definition) is 5. The Kier molecular flexibility index (Phi) is 4.88. The molecule has 8 nitrogen and oxygen atoms in total. The number of thioether (sulfide) groups is 1. The Morgan fingerprint density at radius 1 is 1.26 bits per heavy atom. The quantitative estimate of drug-likeness (QED) is 0.645. The lowest BCUT2D eigenvalue weighted by molar-refractivity contribution is -0.141. The Morgan fingerprint density at radius 3 is 2.70 bits per heavy atom. The van der Waals surface area contributed by atoms with E-state index in [1.807, 2.05) is 16.7 Å². The minimum atomic E-state index is -0.624. The van der Waals surface area contributed by atoms with Crippen molar-refractivity contribution in [2.45, 2.75) is 38.1 Å². The van der Waals surface area contributed by atoms with Gasteiger partial charge in [-0.3, -0.25) is 19.4 Å². The molecule has 2 atom stereocenters. The van der Waals surface area contributed by atoms with Gasteiger partial charge in [0.1, 0.15) is 0 Å². The van der Waals surface area contributed by atoms with Crippen LogP contribution in [0.15, 0.2) is 15.7 Å². The van der Waals surface area contributed by atoms with Crippen LogP contribution >= 0.6 is 11.8 Å². The molecule has 0 bridgehead atoms. The number of amides is 2. The van der Waals surface area contributed by atoms with Crippen LogP contribution in [0.5, 0.6) is 0 Å². The normalized spacial score (nSPS) is 25.7. The molecule has 2 saturated heterocycles. The van der Waals surface area contributed by atoms with E-state index >= 15 is 0 Å². The maximum atomic E-state index is 12.8. The van der Waals surface area contributed by atoms with Gasteiger partial charge in [-0.05, 0) is 42.6 Å². The highest BCUT2D eigenvalue weighted by atomic mass is 32.2. The van der Waals surface area contributed by atoms with Crippen LogP contribution in [0.3, 0.4) is 0 Å². The zero-order chi connectivity index (χ0) is 19.0. The highest BCUT2D eigenvalue weighted by Gasteiger charge is 2.59. The molecule has 2 aliphatic heterocycles. The van der Waals surface area contributed by atoms with E-state index < -0.39 is 11.2 Å². The molecule has 3 heterocycles. The van der Waals surface area contributed by atoms with Gasteiger partial charge in [-0.15, -0.1) is 0 Å². The number of hydrogen-bond donors (Lipinski definition) is 3. The second-order valence-electron chi connectivity index (χ2n) is 7.80. The van der Waals surface area contributed by atoms with Crippen LogP contribution in [0, 0.1) is 11.3 Å². The molecule has 1 spiro atoms. The fraction of sp³-hybridized carbons (Fsp3) is 0.667. The first-order chi connectivity index (χ1) is 13.0. The van der Waals surface area contributed by atoms with E-state index in [-0.39, 0.29) is 41.3 Å². The summed E-state index contributed by atoms with van der Waals surface area (Å²) in [6.45, 7) is 1.18. The van der Waals surface area contributed by atoms with Gasteiger partial charge in [-0.2, -0.15) is 11.8 Å². The third-order valence-corrected chi connectivity index (χ3v) is 7.09. The molecule has 1 aromatic heterocycles. The second kappa shape index (κ2) is 7.18. The lowest BCUT2D eigenvalue weighted by Gasteiger charge is -2.42. The van der Waals surface area contributed by atoms with Crippen molar-refractivity contribution in [3.05, 3.63) is 32.6 Å². The summed E-state index contributed by atoms with van der Waals surface area (Å²) in [4.78, 5) is 53.8. The van der Waals surface area contributed by atoms with Gasteiger partial charge in [0.2, 0.25) is 11.8 Å². The summed E-state index contributed by atoms with van der Waals surface area (Å²) in [5.41, 5.74) is -0.618. The number of carbonyl (C=O) groups is 2. The predicted octanol–water partition coefficient (Wildman–Crippen LogP) is -0.144. The van der Waals surface area contributed by atoms with Gasteiger partial charge in [0, 0.05) is 30.8 Å². The third kappa shape index (κ3) is 3.83. The Labute approximate surface area is 160 Å². The minimum absolute atomic E-state index is 0.0512. The van der Waals surface area contributed by atoms with Crippen molar-refractivity contribution in [1.29, 1.82) is 0 Å². The second-order valence-corrected chi connectivity index (χ2v) is 9.02. The summed E-state index contributed by atoms with van der Waals surface area (Å²) in [7, 11) is 0. The average Bonchev–Trinajstić information content (AvgIpc) is 3.26. The lowest BCUT2D eigenvalue weighted by atomic mass is 9.94. The van der Waals surface area contributed by atoms with Crippen molar-refractivity contribution in [3.8, 4) is 0 Å². The molecular formula is C18H24N4O4S. The highest BCUT2D eigenvalue weighted by Crippen LogP contribution is 2.61. The van der Waals surface area contributed by atoms with E-state index in [1.54, 1.807) is 0 Å². The molecule has 3 aliphatic rings. The highest BCUT2D eigenvalue weighted by molar-refractivity contribution is 7.99. The molecular weight excluding hydrogens is 368 g/mol. The Bertz CT molecular complexity index is 829. The third-order valence-electron chi connectivity index (χ3n) is 6.11. The molecule has 9 heteroatoms. The number of carbonyl (C=O) groups excluding carboxylic acids is 2. The molecule has 27 heavy (non-hydrogen) atoms. The zero-order valence-electron chi connectivity index (χ0n) is 15.1. The zero-order valence-corrected chi connectivity index (χ0v) is 15.9. The van der Waals surface area contributed by atoms with Crippen molar-refractivity contribution in [1.82, 2.24) is 20.2 Å². The number of aromatic nitrogens is 2. The molecule has 4 rings (SSSR count). The van der Waals surface area contributed by atoms with Gasteiger partial charge in [0.05, 0.1) is 12.5 Å². The monoisotopic (exact) mass is 392 g/mol. The van der Waals surface area contributed by atoms with E-state index in [9.17, 15) is 19.2 Å². The summed E-state index contributed by atoms with van der Waals surface area (Å²) < 4.78 is 0. The van der Waals surface area contributed by atoms with Gasteiger partial charge in [0.25, 0.3) is 5.56 Å². The van der Waals surface area contributed by atoms with E-state index in [1.165, 1.54) is 6.07 Å². The average molecular weight is 392 g/mol. The van der Waals surface area contributed by atoms with E-state index in [2.05, 4.69) is 15.3 Å². The predicted molar refractivity (Wildman–Crippen MR) is 102 cm³/mol. The summed E-state index contributed by atoms with van der Waals surface area (Å²) in [5, 5.41) is 2.82. The first kappa shape index (κ1) is 18.3. The van der Waals surface area contributed by atoms with Crippen molar-refractivity contribution < 1.29 is 9.59 Å². The van der Waals surface area contributed by atoms with Crippen molar-refractivity contribution in [2.24, 2.45) is 11.3 Å². The van der Waals surface area contributed by atoms with Gasteiger partial charge < -0.3 is 15.2 Å². The van der Waals surface area contributed by atoms with Crippen LogP contribution in [-0.2, 0) is 16.0 Å². The van der Waals surface area contributed by atoms with Crippen LogP contribution in [0.1, 0.15) is 31.4 Å². The van der Waals surface area contributed by atoms with Crippen molar-refractivity contribution in [3.63, 3.8) is 0 Å². The molecule has 2 amide bonds. The molecule has 146 valence electrons. The number of rotatable bonds is 5. The Morgan fingerprint density at radius 2 is 2.04 bits per heavy atom. The number of aromatic amines is 2. The fourth-order valence-corrected chi connectivity index (χ4v) is 5.56. The summed E-state index contributed by atoms with van der Waals surface area (Å²) in [5.74, 6) is 2.48. The van der Waals surface area contributed by atoms with Gasteiger partial charge in [-0.1, -0.05) is 0 Å². The smallest absolute Gasteiger partial charge is 0.325 e. The van der Waals surface area contributed by atoms with Gasteiger partial charge >= 0.3 is 5.69 Å². The van der Waals surface area contributed by atoms with Gasteiger partial charge in [0.15, 0.2) is 0 Å². The van der Waals surface area contributed by atoms with Crippen LogP contribution in [0.4, 0.5) is 0 Å². The molecule has 0 aromatic carbocycles. The van der Waals surface area contributed by atoms with Gasteiger partial charge in [-0.25, -0.2) is 4.79 Å². The minimum Gasteiger partial charge on any atom is -0.354 e. The van der Waals surface area contributed by atoms with E-state index in [0.29, 0.717) is 6.54 Å². The van der Waals surface area contributed by atoms with Crippen molar-refractivity contribution in [2.75, 3.05) is 24.6 Å². The SMILES string of the molecule is O=C(Cc1cc(=O)[nH]c(=O)[nH]1)NCC1CCN1C(=O)C1CC12CCSCC2. The largest absolute Gasteiger partial charge is 0.354 e. The standard InChI is InChI=1S/C18H24N4O4S/c23-14(7-11-8-15(24)21-17(26)20-11)19-10-12-1-4-22(12)16(25)13-9-18(13)2-5-27-6-3-18/h8,12-13H,1-7,9-10H2,(H,19,23)(H2,20,21,24,26).